The maximum absolute atomic E-state index is 4.41. The first-order chi connectivity index (χ1) is 6.27. The lowest BCUT2D eigenvalue weighted by atomic mass is 10.3. The van der Waals surface area contributed by atoms with E-state index in [1.54, 1.807) is 0 Å². The molecule has 1 aliphatic rings. The van der Waals surface area contributed by atoms with Crippen molar-refractivity contribution in [3.05, 3.63) is 24.3 Å². The lowest BCUT2D eigenvalue weighted by molar-refractivity contribution is 0.861. The van der Waals surface area contributed by atoms with E-state index in [4.69, 9.17) is 0 Å². The van der Waals surface area contributed by atoms with Crippen LogP contribution < -0.4 is 4.90 Å². The van der Waals surface area contributed by atoms with E-state index in [-0.39, 0.29) is 0 Å². The molecule has 0 aromatic heterocycles. The molecule has 3 heteroatoms. The van der Waals surface area contributed by atoms with Crippen molar-refractivity contribution in [2.75, 3.05) is 17.3 Å². The summed E-state index contributed by atoms with van der Waals surface area (Å²) in [6.07, 6.45) is 0. The molecule has 0 saturated carbocycles. The summed E-state index contributed by atoms with van der Waals surface area (Å²) >= 11 is 6.32. The second kappa shape index (κ2) is 3.84. The first-order valence-electron chi connectivity index (χ1n) is 4.42. The Balaban J connectivity index is 2.18. The van der Waals surface area contributed by atoms with E-state index < -0.39 is 0 Å². The Bertz CT molecular complexity index is 299. The number of thiol groups is 1. The number of fused-ring (bicyclic) bond motifs is 1. The lowest BCUT2D eigenvalue weighted by Crippen LogP contribution is -2.25. The first kappa shape index (κ1) is 9.28. The zero-order chi connectivity index (χ0) is 9.26. The molecule has 1 atom stereocenters. The Morgan fingerprint density at radius 2 is 2.31 bits per heavy atom. The Morgan fingerprint density at radius 3 is 3.08 bits per heavy atom. The number of benzene rings is 1. The van der Waals surface area contributed by atoms with Gasteiger partial charge in [-0.2, -0.15) is 12.6 Å². The van der Waals surface area contributed by atoms with Gasteiger partial charge in [-0.15, -0.1) is 11.8 Å². The number of hydrogen-bond acceptors (Lipinski definition) is 3. The van der Waals surface area contributed by atoms with E-state index in [9.17, 15) is 0 Å². The highest BCUT2D eigenvalue weighted by Crippen LogP contribution is 2.37. The fraction of sp³-hybridized carbons (Fsp3) is 0.400. The molecule has 0 aliphatic carbocycles. The van der Waals surface area contributed by atoms with Gasteiger partial charge in [-0.05, 0) is 12.1 Å². The van der Waals surface area contributed by atoms with E-state index in [0.717, 1.165) is 12.4 Å². The van der Waals surface area contributed by atoms with Gasteiger partial charge in [-0.1, -0.05) is 19.1 Å². The zero-order valence-corrected chi connectivity index (χ0v) is 9.31. The van der Waals surface area contributed by atoms with Crippen molar-refractivity contribution in [2.24, 2.45) is 0 Å². The van der Waals surface area contributed by atoms with Crippen LogP contribution in [0.15, 0.2) is 29.2 Å². The van der Waals surface area contributed by atoms with Crippen LogP contribution in [0.2, 0.25) is 0 Å². The molecule has 1 aromatic carbocycles. The SMILES string of the molecule is C[C@@H](S)CN1CSc2ccccc21. The summed E-state index contributed by atoms with van der Waals surface area (Å²) in [5.74, 6) is 1.07. The van der Waals surface area contributed by atoms with E-state index in [1.165, 1.54) is 10.6 Å². The summed E-state index contributed by atoms with van der Waals surface area (Å²) in [6.45, 7) is 3.17. The molecule has 1 nitrogen and oxygen atoms in total. The largest absolute Gasteiger partial charge is 0.360 e. The standard InChI is InChI=1S/C10H13NS2/c1-8(12)6-11-7-13-10-5-3-2-4-9(10)11/h2-5,8,12H,6-7H2,1H3/t8-/m1/s1. The van der Waals surface area contributed by atoms with Gasteiger partial charge in [0.15, 0.2) is 0 Å². The molecule has 0 spiro atoms. The van der Waals surface area contributed by atoms with Crippen LogP contribution in [0.25, 0.3) is 0 Å². The molecular weight excluding hydrogens is 198 g/mol. The third kappa shape index (κ3) is 1.97. The van der Waals surface area contributed by atoms with Gasteiger partial charge < -0.3 is 4.90 Å². The maximum atomic E-state index is 4.41. The predicted molar refractivity (Wildman–Crippen MR) is 63.0 cm³/mol. The van der Waals surface area contributed by atoms with Gasteiger partial charge in [-0.25, -0.2) is 0 Å². The van der Waals surface area contributed by atoms with Crippen LogP contribution in [0, 0.1) is 0 Å². The Morgan fingerprint density at radius 1 is 1.54 bits per heavy atom. The lowest BCUT2D eigenvalue weighted by Gasteiger charge is -2.19. The number of nitrogens with zero attached hydrogens (tertiary/aromatic N) is 1. The van der Waals surface area contributed by atoms with Crippen molar-refractivity contribution < 1.29 is 0 Å². The normalized spacial score (nSPS) is 17.2. The summed E-state index contributed by atoms with van der Waals surface area (Å²) in [5.41, 5.74) is 1.37. The predicted octanol–water partition coefficient (Wildman–Crippen LogP) is 2.87. The fourth-order valence-corrected chi connectivity index (χ4v) is 2.78. The van der Waals surface area contributed by atoms with E-state index in [2.05, 4.69) is 48.7 Å². The molecule has 1 heterocycles. The fourth-order valence-electron chi connectivity index (χ4n) is 1.53. The van der Waals surface area contributed by atoms with Gasteiger partial charge in [0.05, 0.1) is 11.6 Å². The second-order valence-electron chi connectivity index (χ2n) is 3.31. The summed E-state index contributed by atoms with van der Waals surface area (Å²) < 4.78 is 0. The number of rotatable bonds is 2. The average molecular weight is 211 g/mol. The van der Waals surface area contributed by atoms with Gasteiger partial charge in [0.1, 0.15) is 0 Å². The molecule has 0 unspecified atom stereocenters. The van der Waals surface area contributed by atoms with Crippen LogP contribution >= 0.6 is 24.4 Å². The van der Waals surface area contributed by atoms with Gasteiger partial charge in [-0.3, -0.25) is 0 Å². The number of para-hydroxylation sites is 1. The van der Waals surface area contributed by atoms with Crippen LogP contribution in [0.1, 0.15) is 6.92 Å². The van der Waals surface area contributed by atoms with Gasteiger partial charge >= 0.3 is 0 Å². The minimum absolute atomic E-state index is 0.437. The Kier molecular flexibility index (Phi) is 2.74. The van der Waals surface area contributed by atoms with Crippen LogP contribution in [0.4, 0.5) is 5.69 Å². The molecule has 0 N–H and O–H groups in total. The highest BCUT2D eigenvalue weighted by atomic mass is 32.2. The van der Waals surface area contributed by atoms with Crippen LogP contribution in [0.3, 0.4) is 0 Å². The van der Waals surface area contributed by atoms with Crippen molar-refractivity contribution in [1.82, 2.24) is 0 Å². The van der Waals surface area contributed by atoms with Crippen molar-refractivity contribution in [3.63, 3.8) is 0 Å². The molecule has 0 saturated heterocycles. The summed E-state index contributed by atoms with van der Waals surface area (Å²) in [5, 5.41) is 0.437. The monoisotopic (exact) mass is 211 g/mol. The van der Waals surface area contributed by atoms with Crippen LogP contribution in [0.5, 0.6) is 0 Å². The second-order valence-corrected chi connectivity index (χ2v) is 5.18. The highest BCUT2D eigenvalue weighted by molar-refractivity contribution is 7.99. The highest BCUT2D eigenvalue weighted by Gasteiger charge is 2.19. The van der Waals surface area contributed by atoms with Gasteiger partial charge in [0, 0.05) is 16.7 Å². The van der Waals surface area contributed by atoms with Gasteiger partial charge in [0.2, 0.25) is 0 Å². The minimum Gasteiger partial charge on any atom is -0.360 e. The van der Waals surface area contributed by atoms with Crippen LogP contribution in [-0.2, 0) is 0 Å². The van der Waals surface area contributed by atoms with Gasteiger partial charge in [0.25, 0.3) is 0 Å². The number of anilines is 1. The average Bonchev–Trinajstić information content (AvgIpc) is 2.48. The van der Waals surface area contributed by atoms with Crippen LogP contribution in [-0.4, -0.2) is 17.7 Å². The van der Waals surface area contributed by atoms with Crippen molar-refractivity contribution in [3.8, 4) is 0 Å². The molecule has 0 fully saturated rings. The van der Waals surface area contributed by atoms with Crippen molar-refractivity contribution in [2.45, 2.75) is 17.1 Å². The molecule has 2 rings (SSSR count). The Hall–Kier alpha value is -0.280. The maximum Gasteiger partial charge on any atom is 0.0687 e. The summed E-state index contributed by atoms with van der Waals surface area (Å²) in [4.78, 5) is 3.79. The third-order valence-corrected chi connectivity index (χ3v) is 3.33. The van der Waals surface area contributed by atoms with E-state index in [1.807, 2.05) is 11.8 Å². The summed E-state index contributed by atoms with van der Waals surface area (Å²) in [6, 6.07) is 8.56. The molecule has 1 aliphatic heterocycles. The molecule has 70 valence electrons. The molecule has 13 heavy (non-hydrogen) atoms. The topological polar surface area (TPSA) is 3.24 Å². The summed E-state index contributed by atoms with van der Waals surface area (Å²) in [7, 11) is 0. The quantitative estimate of drug-likeness (QED) is 0.749. The minimum atomic E-state index is 0.437. The zero-order valence-electron chi connectivity index (χ0n) is 7.60. The first-order valence-corrected chi connectivity index (χ1v) is 5.92. The van der Waals surface area contributed by atoms with E-state index >= 15 is 0 Å². The molecular formula is C10H13NS2. The van der Waals surface area contributed by atoms with Crippen molar-refractivity contribution in [1.29, 1.82) is 0 Å². The number of hydrogen-bond donors (Lipinski definition) is 1. The van der Waals surface area contributed by atoms with Crippen molar-refractivity contribution >= 4 is 30.1 Å². The third-order valence-electron chi connectivity index (χ3n) is 2.07. The van der Waals surface area contributed by atoms with E-state index in [0.29, 0.717) is 5.25 Å². The molecule has 0 amide bonds. The molecule has 0 radical (unpaired) electrons. The smallest absolute Gasteiger partial charge is 0.0687 e. The Labute approximate surface area is 88.9 Å². The number of thioether (sulfide) groups is 1. The molecule has 0 bridgehead atoms. The molecule has 1 aromatic rings.